The number of esters is 1. The van der Waals surface area contributed by atoms with Crippen LogP contribution in [-0.2, 0) is 11.8 Å². The van der Waals surface area contributed by atoms with Crippen molar-refractivity contribution in [2.24, 2.45) is 7.05 Å². The molecule has 0 saturated carbocycles. The van der Waals surface area contributed by atoms with Crippen molar-refractivity contribution in [3.63, 3.8) is 0 Å². The number of hydrogen-bond donors (Lipinski definition) is 0. The summed E-state index contributed by atoms with van der Waals surface area (Å²) in [5, 5.41) is 4.77. The molecule has 0 aliphatic carbocycles. The summed E-state index contributed by atoms with van der Waals surface area (Å²) in [5.74, 6) is -1.07. The number of aromatic nitrogens is 2. The summed E-state index contributed by atoms with van der Waals surface area (Å²) < 4.78 is 7.24. The second-order valence-corrected chi connectivity index (χ2v) is 6.66. The van der Waals surface area contributed by atoms with E-state index in [2.05, 4.69) is 21.0 Å². The van der Waals surface area contributed by atoms with Crippen LogP contribution in [0.4, 0.5) is 0 Å². The van der Waals surface area contributed by atoms with E-state index in [-0.39, 0.29) is 17.0 Å². The number of aryl methyl sites for hydroxylation is 1. The fraction of sp³-hybridized carbons (Fsp3) is 0.158. The molecule has 0 saturated heterocycles. The molecule has 0 N–H and O–H groups in total. The fourth-order valence-electron chi connectivity index (χ4n) is 2.57. The highest BCUT2D eigenvalue weighted by molar-refractivity contribution is 9.10. The van der Waals surface area contributed by atoms with Crippen molar-refractivity contribution < 1.29 is 14.3 Å². The quantitative estimate of drug-likeness (QED) is 0.483. The summed E-state index contributed by atoms with van der Waals surface area (Å²) >= 11 is 3.31. The molecule has 132 valence electrons. The fourth-order valence-corrected chi connectivity index (χ4v) is 2.83. The molecule has 3 rings (SSSR count). The lowest BCUT2D eigenvalue weighted by atomic mass is 10.1. The number of fused-ring (bicyclic) bond motifs is 1. The van der Waals surface area contributed by atoms with Gasteiger partial charge in [0.25, 0.3) is 5.56 Å². The Balaban J connectivity index is 1.89. The van der Waals surface area contributed by atoms with Gasteiger partial charge >= 0.3 is 5.97 Å². The SMILES string of the molecule is CC(OC(=O)c1nn(C)c(=O)c2ccccc12)C(=O)c1ccc(Br)cc1. The highest BCUT2D eigenvalue weighted by Gasteiger charge is 2.23. The summed E-state index contributed by atoms with van der Waals surface area (Å²) in [7, 11) is 1.46. The molecular formula is C19H15BrN2O4. The van der Waals surface area contributed by atoms with Crippen LogP contribution in [0.5, 0.6) is 0 Å². The number of carbonyl (C=O) groups is 2. The van der Waals surface area contributed by atoms with E-state index in [1.807, 2.05) is 0 Å². The first-order chi connectivity index (χ1) is 12.4. The van der Waals surface area contributed by atoms with Gasteiger partial charge in [0.2, 0.25) is 5.78 Å². The predicted octanol–water partition coefficient (Wildman–Crippen LogP) is 3.12. The van der Waals surface area contributed by atoms with Crippen molar-refractivity contribution in [1.29, 1.82) is 0 Å². The van der Waals surface area contributed by atoms with Gasteiger partial charge in [0.05, 0.1) is 5.39 Å². The first kappa shape index (κ1) is 18.0. The number of ether oxygens (including phenoxy) is 1. The lowest BCUT2D eigenvalue weighted by molar-refractivity contribution is 0.0313. The van der Waals surface area contributed by atoms with E-state index in [9.17, 15) is 14.4 Å². The van der Waals surface area contributed by atoms with Crippen molar-refractivity contribution in [3.05, 3.63) is 74.6 Å². The maximum absolute atomic E-state index is 12.6. The summed E-state index contributed by atoms with van der Waals surface area (Å²) in [4.78, 5) is 37.1. The third-order valence-corrected chi connectivity index (χ3v) is 4.46. The molecule has 1 atom stereocenters. The first-order valence-corrected chi connectivity index (χ1v) is 8.64. The molecule has 2 aromatic carbocycles. The Morgan fingerprint density at radius 1 is 1.08 bits per heavy atom. The van der Waals surface area contributed by atoms with Crippen molar-refractivity contribution in [2.45, 2.75) is 13.0 Å². The van der Waals surface area contributed by atoms with Crippen LogP contribution >= 0.6 is 15.9 Å². The molecule has 0 bridgehead atoms. The zero-order valence-corrected chi connectivity index (χ0v) is 15.7. The van der Waals surface area contributed by atoms with E-state index < -0.39 is 12.1 Å². The monoisotopic (exact) mass is 414 g/mol. The number of ketones is 1. The average Bonchev–Trinajstić information content (AvgIpc) is 2.64. The number of halogens is 1. The van der Waals surface area contributed by atoms with Crippen LogP contribution in [0, 0.1) is 0 Å². The van der Waals surface area contributed by atoms with Gasteiger partial charge in [-0.1, -0.05) is 46.3 Å². The molecule has 0 radical (unpaired) electrons. The molecule has 0 amide bonds. The van der Waals surface area contributed by atoms with Crippen molar-refractivity contribution in [2.75, 3.05) is 0 Å². The van der Waals surface area contributed by atoms with Gasteiger partial charge in [0.15, 0.2) is 11.8 Å². The average molecular weight is 415 g/mol. The summed E-state index contributed by atoms with van der Waals surface area (Å²) in [6.45, 7) is 1.51. The number of rotatable bonds is 4. The summed E-state index contributed by atoms with van der Waals surface area (Å²) in [6, 6.07) is 13.4. The van der Waals surface area contributed by atoms with Gasteiger partial charge in [-0.05, 0) is 25.1 Å². The first-order valence-electron chi connectivity index (χ1n) is 7.85. The van der Waals surface area contributed by atoms with Crippen LogP contribution < -0.4 is 5.56 Å². The minimum Gasteiger partial charge on any atom is -0.449 e. The van der Waals surface area contributed by atoms with Gasteiger partial charge in [-0.2, -0.15) is 5.10 Å². The molecule has 1 heterocycles. The topological polar surface area (TPSA) is 78.3 Å². The van der Waals surface area contributed by atoms with Gasteiger partial charge in [-0.15, -0.1) is 0 Å². The molecule has 7 heteroatoms. The number of Topliss-reactive ketones (excluding diaryl/α,β-unsaturated/α-hetero) is 1. The molecule has 1 unspecified atom stereocenters. The number of carbonyl (C=O) groups excluding carboxylic acids is 2. The van der Waals surface area contributed by atoms with Crippen LogP contribution in [0.15, 0.2) is 57.8 Å². The Kier molecular flexibility index (Phi) is 4.99. The zero-order valence-electron chi connectivity index (χ0n) is 14.1. The smallest absolute Gasteiger partial charge is 0.360 e. The van der Waals surface area contributed by atoms with Gasteiger partial charge in [0, 0.05) is 22.5 Å². The van der Waals surface area contributed by atoms with Gasteiger partial charge < -0.3 is 4.74 Å². The van der Waals surface area contributed by atoms with Crippen LogP contribution in [0.1, 0.15) is 27.8 Å². The molecule has 0 aliphatic heterocycles. The van der Waals surface area contributed by atoms with E-state index >= 15 is 0 Å². The molecule has 0 fully saturated rings. The van der Waals surface area contributed by atoms with Gasteiger partial charge in [-0.3, -0.25) is 9.59 Å². The maximum Gasteiger partial charge on any atom is 0.360 e. The zero-order chi connectivity index (χ0) is 18.8. The molecule has 0 spiro atoms. The second-order valence-electron chi connectivity index (χ2n) is 5.74. The van der Waals surface area contributed by atoms with E-state index in [1.165, 1.54) is 14.0 Å². The summed E-state index contributed by atoms with van der Waals surface area (Å²) in [6.07, 6.45) is -0.985. The third kappa shape index (κ3) is 3.43. The maximum atomic E-state index is 12.6. The lowest BCUT2D eigenvalue weighted by Crippen LogP contribution is -2.28. The van der Waals surface area contributed by atoms with Crippen molar-refractivity contribution in [1.82, 2.24) is 9.78 Å². The normalized spacial score (nSPS) is 12.0. The molecular weight excluding hydrogens is 400 g/mol. The van der Waals surface area contributed by atoms with Gasteiger partial charge in [-0.25, -0.2) is 9.48 Å². The van der Waals surface area contributed by atoms with E-state index in [0.717, 1.165) is 9.15 Å². The second kappa shape index (κ2) is 7.21. The number of benzene rings is 2. The van der Waals surface area contributed by atoms with E-state index in [0.29, 0.717) is 16.3 Å². The van der Waals surface area contributed by atoms with Crippen LogP contribution in [-0.4, -0.2) is 27.6 Å². The molecule has 0 aliphatic rings. The van der Waals surface area contributed by atoms with Crippen LogP contribution in [0.2, 0.25) is 0 Å². The number of hydrogen-bond acceptors (Lipinski definition) is 5. The summed E-state index contributed by atoms with van der Waals surface area (Å²) in [5.41, 5.74) is 0.126. The minimum absolute atomic E-state index is 0.00171. The molecule has 1 aromatic heterocycles. The highest BCUT2D eigenvalue weighted by Crippen LogP contribution is 2.17. The van der Waals surface area contributed by atoms with Crippen molar-refractivity contribution >= 4 is 38.5 Å². The lowest BCUT2D eigenvalue weighted by Gasteiger charge is -2.13. The Bertz CT molecular complexity index is 1060. The third-order valence-electron chi connectivity index (χ3n) is 3.93. The molecule has 3 aromatic rings. The molecule has 26 heavy (non-hydrogen) atoms. The molecule has 6 nitrogen and oxygen atoms in total. The number of nitrogens with zero attached hydrogens (tertiary/aromatic N) is 2. The Morgan fingerprint density at radius 3 is 2.35 bits per heavy atom. The largest absolute Gasteiger partial charge is 0.449 e. The van der Waals surface area contributed by atoms with Crippen LogP contribution in [0.25, 0.3) is 10.8 Å². The van der Waals surface area contributed by atoms with E-state index in [1.54, 1.807) is 48.5 Å². The highest BCUT2D eigenvalue weighted by atomic mass is 79.9. The minimum atomic E-state index is -0.985. The van der Waals surface area contributed by atoms with Crippen LogP contribution in [0.3, 0.4) is 0 Å². The Morgan fingerprint density at radius 2 is 1.69 bits per heavy atom. The Hall–Kier alpha value is -2.80. The Labute approximate surface area is 157 Å². The van der Waals surface area contributed by atoms with Gasteiger partial charge in [0.1, 0.15) is 0 Å². The van der Waals surface area contributed by atoms with E-state index in [4.69, 9.17) is 4.74 Å². The van der Waals surface area contributed by atoms with Crippen molar-refractivity contribution in [3.8, 4) is 0 Å². The standard InChI is InChI=1S/C19H15BrN2O4/c1-11(17(23)12-7-9-13(20)10-8-12)26-19(25)16-14-5-3-4-6-15(14)18(24)22(2)21-16/h3-11H,1-2H3. The predicted molar refractivity (Wildman–Crippen MR) is 100 cm³/mol.